The Balaban J connectivity index is 0.00000121. The zero-order valence-corrected chi connectivity index (χ0v) is 13.2. The van der Waals surface area contributed by atoms with Gasteiger partial charge >= 0.3 is 0 Å². The molecule has 0 aromatic heterocycles. The van der Waals surface area contributed by atoms with Crippen LogP contribution < -0.4 is 5.32 Å². The van der Waals surface area contributed by atoms with Crippen molar-refractivity contribution in [2.75, 3.05) is 13.1 Å². The van der Waals surface area contributed by atoms with E-state index in [9.17, 15) is 0 Å². The Morgan fingerprint density at radius 2 is 1.55 bits per heavy atom. The lowest BCUT2D eigenvalue weighted by Crippen LogP contribution is -2.35. The average molecular weight is 330 g/mol. The maximum atomic E-state index is 3.59. The Kier molecular flexibility index (Phi) is 3.95. The van der Waals surface area contributed by atoms with Gasteiger partial charge in [-0.3, -0.25) is 0 Å². The molecule has 0 spiro atoms. The van der Waals surface area contributed by atoms with Crippen LogP contribution in [0.4, 0.5) is 0 Å². The molecule has 2 heteroatoms. The van der Waals surface area contributed by atoms with Gasteiger partial charge in [-0.25, -0.2) is 0 Å². The zero-order valence-electron chi connectivity index (χ0n) is 11.5. The molecule has 2 aromatic carbocycles. The first-order valence-electron chi connectivity index (χ1n) is 7.29. The topological polar surface area (TPSA) is 12.0 Å². The average Bonchev–Trinajstić information content (AvgIpc) is 2.83. The van der Waals surface area contributed by atoms with E-state index < -0.39 is 0 Å². The summed E-state index contributed by atoms with van der Waals surface area (Å²) in [5.74, 6) is 2.06. The summed E-state index contributed by atoms with van der Waals surface area (Å²) in [7, 11) is 0. The predicted octanol–water partition coefficient (Wildman–Crippen LogP) is 4.10. The van der Waals surface area contributed by atoms with Gasteiger partial charge in [0, 0.05) is 5.92 Å². The van der Waals surface area contributed by atoms with Crippen LogP contribution in [0.1, 0.15) is 34.9 Å². The van der Waals surface area contributed by atoms with Crippen molar-refractivity contribution in [2.45, 2.75) is 18.3 Å². The molecule has 3 atom stereocenters. The molecule has 20 heavy (non-hydrogen) atoms. The second-order valence-electron chi connectivity index (χ2n) is 5.78. The van der Waals surface area contributed by atoms with E-state index in [1.165, 1.54) is 12.0 Å². The largest absolute Gasteiger partial charge is 0.316 e. The van der Waals surface area contributed by atoms with E-state index in [4.69, 9.17) is 0 Å². The highest BCUT2D eigenvalue weighted by molar-refractivity contribution is 8.93. The van der Waals surface area contributed by atoms with Crippen LogP contribution in [-0.2, 0) is 0 Å². The van der Waals surface area contributed by atoms with Crippen LogP contribution in [0.2, 0.25) is 0 Å². The molecule has 1 nitrogen and oxygen atoms in total. The van der Waals surface area contributed by atoms with E-state index >= 15 is 0 Å². The van der Waals surface area contributed by atoms with E-state index in [-0.39, 0.29) is 17.0 Å². The highest BCUT2D eigenvalue weighted by Crippen LogP contribution is 2.51. The van der Waals surface area contributed by atoms with Crippen molar-refractivity contribution in [1.29, 1.82) is 0 Å². The van der Waals surface area contributed by atoms with Gasteiger partial charge in [0.05, 0.1) is 0 Å². The van der Waals surface area contributed by atoms with E-state index in [1.807, 2.05) is 0 Å². The van der Waals surface area contributed by atoms with Gasteiger partial charge in [-0.2, -0.15) is 0 Å². The maximum Gasteiger partial charge on any atom is 0.0138 e. The van der Waals surface area contributed by atoms with Crippen LogP contribution >= 0.6 is 17.0 Å². The molecule has 2 aromatic rings. The third-order valence-electron chi connectivity index (χ3n) is 4.85. The molecule has 0 amide bonds. The first kappa shape index (κ1) is 13.8. The lowest BCUT2D eigenvalue weighted by Gasteiger charge is -2.30. The maximum absolute atomic E-state index is 3.59. The van der Waals surface area contributed by atoms with Gasteiger partial charge in [-0.05, 0) is 48.0 Å². The van der Waals surface area contributed by atoms with Gasteiger partial charge in [-0.1, -0.05) is 54.6 Å². The van der Waals surface area contributed by atoms with E-state index in [0.717, 1.165) is 24.9 Å². The number of benzene rings is 2. The van der Waals surface area contributed by atoms with Crippen LogP contribution in [0.3, 0.4) is 0 Å². The molecule has 1 aliphatic heterocycles. The molecule has 0 bridgehead atoms. The Morgan fingerprint density at radius 3 is 2.35 bits per heavy atom. The Morgan fingerprint density at radius 1 is 0.850 bits per heavy atom. The molecule has 1 fully saturated rings. The molecule has 1 N–H and O–H groups in total. The van der Waals surface area contributed by atoms with Crippen molar-refractivity contribution in [1.82, 2.24) is 5.32 Å². The summed E-state index contributed by atoms with van der Waals surface area (Å²) >= 11 is 0. The highest BCUT2D eigenvalue weighted by atomic mass is 79.9. The minimum absolute atomic E-state index is 0. The van der Waals surface area contributed by atoms with Gasteiger partial charge < -0.3 is 5.32 Å². The van der Waals surface area contributed by atoms with Crippen molar-refractivity contribution in [3.05, 3.63) is 71.3 Å². The van der Waals surface area contributed by atoms with Crippen molar-refractivity contribution < 1.29 is 0 Å². The minimum atomic E-state index is 0. The number of halogens is 1. The summed E-state index contributed by atoms with van der Waals surface area (Å²) in [6.07, 6.45) is 1.28. The molecule has 2 aliphatic rings. The molecule has 1 aliphatic carbocycles. The van der Waals surface area contributed by atoms with Gasteiger partial charge in [0.2, 0.25) is 0 Å². The fourth-order valence-electron chi connectivity index (χ4n) is 4.07. The molecular weight excluding hydrogens is 310 g/mol. The summed E-state index contributed by atoms with van der Waals surface area (Å²) in [5.41, 5.74) is 4.64. The minimum Gasteiger partial charge on any atom is -0.316 e. The third kappa shape index (κ3) is 2.11. The van der Waals surface area contributed by atoms with Gasteiger partial charge in [0.25, 0.3) is 0 Å². The smallest absolute Gasteiger partial charge is 0.0138 e. The van der Waals surface area contributed by atoms with E-state index in [2.05, 4.69) is 59.9 Å². The zero-order chi connectivity index (χ0) is 12.7. The van der Waals surface area contributed by atoms with Crippen LogP contribution in [-0.4, -0.2) is 13.1 Å². The SMILES string of the molecule is Br.c1ccc([C@@H]2c3ccccc3[C@@H]3CCNC[C@H]23)cc1. The first-order valence-corrected chi connectivity index (χ1v) is 7.29. The number of nitrogens with one attached hydrogen (secondary N) is 1. The van der Waals surface area contributed by atoms with Crippen LogP contribution in [0, 0.1) is 5.92 Å². The number of piperidine rings is 1. The Bertz CT molecular complexity index is 581. The molecule has 4 rings (SSSR count). The summed E-state index contributed by atoms with van der Waals surface area (Å²) in [5, 5.41) is 3.59. The van der Waals surface area contributed by atoms with Crippen molar-refractivity contribution >= 4 is 17.0 Å². The second kappa shape index (κ2) is 5.71. The van der Waals surface area contributed by atoms with Gasteiger partial charge in [0.15, 0.2) is 0 Å². The fraction of sp³-hybridized carbons (Fsp3) is 0.333. The summed E-state index contributed by atoms with van der Waals surface area (Å²) in [6, 6.07) is 20.1. The van der Waals surface area contributed by atoms with Gasteiger partial charge in [-0.15, -0.1) is 17.0 Å². The lowest BCUT2D eigenvalue weighted by molar-refractivity contribution is 0.327. The molecule has 1 heterocycles. The van der Waals surface area contributed by atoms with E-state index in [1.54, 1.807) is 11.1 Å². The summed E-state index contributed by atoms with van der Waals surface area (Å²) in [4.78, 5) is 0. The molecule has 0 radical (unpaired) electrons. The third-order valence-corrected chi connectivity index (χ3v) is 4.85. The normalized spacial score (nSPS) is 27.3. The summed E-state index contributed by atoms with van der Waals surface area (Å²) < 4.78 is 0. The number of rotatable bonds is 1. The fourth-order valence-corrected chi connectivity index (χ4v) is 4.07. The van der Waals surface area contributed by atoms with Gasteiger partial charge in [0.1, 0.15) is 0 Å². The molecule has 1 saturated heterocycles. The van der Waals surface area contributed by atoms with E-state index in [0.29, 0.717) is 5.92 Å². The first-order chi connectivity index (χ1) is 9.45. The summed E-state index contributed by atoms with van der Waals surface area (Å²) in [6.45, 7) is 2.32. The predicted molar refractivity (Wildman–Crippen MR) is 88.8 cm³/mol. The van der Waals surface area contributed by atoms with Crippen molar-refractivity contribution in [3.63, 3.8) is 0 Å². The Labute approximate surface area is 131 Å². The molecule has 0 saturated carbocycles. The number of fused-ring (bicyclic) bond motifs is 3. The molecular formula is C18H20BrN. The number of hydrogen-bond acceptors (Lipinski definition) is 1. The Hall–Kier alpha value is -1.12. The van der Waals surface area contributed by atoms with Crippen LogP contribution in [0.25, 0.3) is 0 Å². The monoisotopic (exact) mass is 329 g/mol. The molecule has 104 valence electrons. The second-order valence-corrected chi connectivity index (χ2v) is 5.78. The lowest BCUT2D eigenvalue weighted by atomic mass is 9.79. The van der Waals surface area contributed by atoms with Crippen LogP contribution in [0.15, 0.2) is 54.6 Å². The number of hydrogen-bond donors (Lipinski definition) is 1. The van der Waals surface area contributed by atoms with Crippen LogP contribution in [0.5, 0.6) is 0 Å². The van der Waals surface area contributed by atoms with Crippen molar-refractivity contribution in [2.24, 2.45) is 5.92 Å². The van der Waals surface area contributed by atoms with Crippen molar-refractivity contribution in [3.8, 4) is 0 Å². The standard InChI is InChI=1S/C18H19N.BrH/c1-2-6-13(7-3-1)18-16-9-5-4-8-14(16)15-10-11-19-12-17(15)18;/h1-9,15,17-19H,10-12H2;1H/t15-,17-,18+;/m0./s1. The highest BCUT2D eigenvalue weighted by Gasteiger charge is 2.41. The quantitative estimate of drug-likeness (QED) is 0.830. The molecule has 0 unspecified atom stereocenters.